The van der Waals surface area contributed by atoms with E-state index in [1.807, 2.05) is 18.2 Å². The van der Waals surface area contributed by atoms with E-state index in [0.29, 0.717) is 5.82 Å². The quantitative estimate of drug-likeness (QED) is 0.188. The smallest absolute Gasteiger partial charge is 0.160 e. The summed E-state index contributed by atoms with van der Waals surface area (Å²) in [4.78, 5) is 10.4. The lowest BCUT2D eigenvalue weighted by atomic mass is 10.0. The summed E-state index contributed by atoms with van der Waals surface area (Å²) in [7, 11) is 0. The van der Waals surface area contributed by atoms with Crippen LogP contribution in [0.15, 0.2) is 180 Å². The second-order valence-corrected chi connectivity index (χ2v) is 12.6. The molecule has 0 radical (unpaired) electrons. The van der Waals surface area contributed by atoms with Crippen LogP contribution in [0.2, 0.25) is 0 Å². The summed E-state index contributed by atoms with van der Waals surface area (Å²) in [5.41, 5.74) is 12.2. The van der Waals surface area contributed by atoms with Crippen molar-refractivity contribution in [3.8, 4) is 50.7 Å². The molecule has 0 aliphatic heterocycles. The van der Waals surface area contributed by atoms with Crippen LogP contribution in [0.5, 0.6) is 0 Å². The Morgan fingerprint density at radius 1 is 0.380 bits per heavy atom. The second-order valence-electron chi connectivity index (χ2n) is 12.6. The minimum atomic E-state index is 0.682. The molecule has 0 saturated carbocycles. The first-order chi connectivity index (χ1) is 24.8. The molecule has 7 aromatic carbocycles. The van der Waals surface area contributed by atoms with Crippen LogP contribution in [0.25, 0.3) is 94.5 Å². The third kappa shape index (κ3) is 4.61. The third-order valence-electron chi connectivity index (χ3n) is 9.65. The summed E-state index contributed by atoms with van der Waals surface area (Å²) in [6.45, 7) is 0. The Morgan fingerprint density at radius 3 is 1.74 bits per heavy atom. The minimum Gasteiger partial charge on any atom is -0.456 e. The van der Waals surface area contributed by atoms with E-state index in [4.69, 9.17) is 14.4 Å². The van der Waals surface area contributed by atoms with Gasteiger partial charge in [0.25, 0.3) is 0 Å². The van der Waals surface area contributed by atoms with Crippen LogP contribution in [0, 0.1) is 0 Å². The first-order valence-corrected chi connectivity index (χ1v) is 16.8. The summed E-state index contributed by atoms with van der Waals surface area (Å²) in [5.74, 6) is 0.682. The number of hydrogen-bond acceptors (Lipinski definition) is 3. The van der Waals surface area contributed by atoms with Gasteiger partial charge in [-0.1, -0.05) is 133 Å². The fourth-order valence-corrected chi connectivity index (χ4v) is 7.26. The largest absolute Gasteiger partial charge is 0.456 e. The molecule has 0 amide bonds. The van der Waals surface area contributed by atoms with Gasteiger partial charge in [-0.25, -0.2) is 9.97 Å². The zero-order chi connectivity index (χ0) is 33.0. The predicted octanol–water partition coefficient (Wildman–Crippen LogP) is 12.1. The van der Waals surface area contributed by atoms with Gasteiger partial charge in [-0.2, -0.15) is 0 Å². The maximum Gasteiger partial charge on any atom is 0.160 e. The second kappa shape index (κ2) is 11.4. The van der Waals surface area contributed by atoms with E-state index in [9.17, 15) is 0 Å². The van der Waals surface area contributed by atoms with Crippen molar-refractivity contribution in [2.45, 2.75) is 0 Å². The zero-order valence-corrected chi connectivity index (χ0v) is 27.0. The molecule has 10 rings (SSSR count). The van der Waals surface area contributed by atoms with Gasteiger partial charge in [0.15, 0.2) is 5.82 Å². The van der Waals surface area contributed by atoms with Crippen LogP contribution in [-0.2, 0) is 0 Å². The first kappa shape index (κ1) is 28.3. The van der Waals surface area contributed by atoms with Crippen molar-refractivity contribution in [2.24, 2.45) is 0 Å². The highest BCUT2D eigenvalue weighted by molar-refractivity contribution is 6.10. The number of para-hydroxylation sites is 4. The normalized spacial score (nSPS) is 11.6. The fourth-order valence-electron chi connectivity index (χ4n) is 7.26. The lowest BCUT2D eigenvalue weighted by Crippen LogP contribution is -2.00. The maximum absolute atomic E-state index is 6.07. The average molecular weight is 640 g/mol. The van der Waals surface area contributed by atoms with Gasteiger partial charge >= 0.3 is 0 Å². The maximum atomic E-state index is 6.07. The molecule has 3 heterocycles. The highest BCUT2D eigenvalue weighted by Gasteiger charge is 2.18. The van der Waals surface area contributed by atoms with Crippen molar-refractivity contribution >= 4 is 43.7 Å². The topological polar surface area (TPSA) is 43.9 Å². The third-order valence-corrected chi connectivity index (χ3v) is 9.65. The van der Waals surface area contributed by atoms with Crippen LogP contribution in [0.3, 0.4) is 0 Å². The number of hydrogen-bond donors (Lipinski definition) is 0. The van der Waals surface area contributed by atoms with E-state index in [1.54, 1.807) is 0 Å². The van der Waals surface area contributed by atoms with Crippen LogP contribution in [0.1, 0.15) is 0 Å². The lowest BCUT2D eigenvalue weighted by molar-refractivity contribution is 0.669. The summed E-state index contributed by atoms with van der Waals surface area (Å²) >= 11 is 0. The van der Waals surface area contributed by atoms with E-state index in [1.165, 1.54) is 10.8 Å². The minimum absolute atomic E-state index is 0.682. The van der Waals surface area contributed by atoms with Gasteiger partial charge in [-0.15, -0.1) is 0 Å². The highest BCUT2D eigenvalue weighted by atomic mass is 16.3. The molecule has 0 aliphatic carbocycles. The summed E-state index contributed by atoms with van der Waals surface area (Å²) in [5, 5.41) is 4.70. The Balaban J connectivity index is 1.12. The predicted molar refractivity (Wildman–Crippen MR) is 205 cm³/mol. The molecule has 234 valence electrons. The van der Waals surface area contributed by atoms with E-state index in [2.05, 4.69) is 162 Å². The molecule has 0 N–H and O–H groups in total. The van der Waals surface area contributed by atoms with E-state index >= 15 is 0 Å². The van der Waals surface area contributed by atoms with E-state index in [-0.39, 0.29) is 0 Å². The number of nitrogens with zero attached hydrogens (tertiary/aromatic N) is 3. The number of fused-ring (bicyclic) bond motifs is 6. The molecular formula is C46H29N3O. The van der Waals surface area contributed by atoms with E-state index in [0.717, 1.165) is 77.9 Å². The Bertz CT molecular complexity index is 2810. The Labute approximate surface area is 288 Å². The Kier molecular flexibility index (Phi) is 6.46. The number of benzene rings is 7. The summed E-state index contributed by atoms with van der Waals surface area (Å²) in [6, 6.07) is 61.4. The molecule has 4 nitrogen and oxygen atoms in total. The van der Waals surface area contributed by atoms with Gasteiger partial charge in [0.05, 0.1) is 28.1 Å². The fraction of sp³-hybridized carbons (Fsp3) is 0. The molecule has 0 bridgehead atoms. The van der Waals surface area contributed by atoms with Gasteiger partial charge in [0, 0.05) is 38.2 Å². The van der Waals surface area contributed by atoms with Gasteiger partial charge in [0.1, 0.15) is 11.2 Å². The number of rotatable bonds is 5. The van der Waals surface area contributed by atoms with Crippen LogP contribution < -0.4 is 0 Å². The van der Waals surface area contributed by atoms with Crippen molar-refractivity contribution in [1.82, 2.24) is 14.5 Å². The molecule has 10 aromatic rings. The highest BCUT2D eigenvalue weighted by Crippen LogP contribution is 2.38. The molecule has 3 aromatic heterocycles. The molecule has 50 heavy (non-hydrogen) atoms. The number of furan rings is 1. The molecule has 0 aliphatic rings. The van der Waals surface area contributed by atoms with Gasteiger partial charge in [-0.05, 0) is 53.6 Å². The SMILES string of the molecule is c1ccc(-c2cc(-c3ccccc3-n3c4ccccc4c4ccccc43)nc(-c3ccc(-c4ccc5oc6ccccc6c5c4)cc3)n2)cc1. The van der Waals surface area contributed by atoms with Crippen molar-refractivity contribution < 1.29 is 4.42 Å². The van der Waals surface area contributed by atoms with Gasteiger partial charge < -0.3 is 8.98 Å². The first-order valence-electron chi connectivity index (χ1n) is 16.8. The van der Waals surface area contributed by atoms with Gasteiger partial charge in [0.2, 0.25) is 0 Å². The van der Waals surface area contributed by atoms with E-state index < -0.39 is 0 Å². The van der Waals surface area contributed by atoms with Gasteiger partial charge in [-0.3, -0.25) is 0 Å². The zero-order valence-electron chi connectivity index (χ0n) is 27.0. The molecule has 0 unspecified atom stereocenters. The molecule has 4 heteroatoms. The van der Waals surface area contributed by atoms with Crippen molar-refractivity contribution in [3.05, 3.63) is 176 Å². The Morgan fingerprint density at radius 2 is 0.960 bits per heavy atom. The molecule has 0 atom stereocenters. The monoisotopic (exact) mass is 639 g/mol. The lowest BCUT2D eigenvalue weighted by Gasteiger charge is -2.15. The molecule has 0 saturated heterocycles. The average Bonchev–Trinajstić information content (AvgIpc) is 3.73. The van der Waals surface area contributed by atoms with Crippen LogP contribution >= 0.6 is 0 Å². The number of aromatic nitrogens is 3. The standard InChI is InChI=1S/C46H29N3O/c1-2-12-31(13-3-1)39-29-40(37-17-6-10-20-43(37)49-41-18-8-4-14-34(41)35-15-5-9-19-42(35)49)48-46(47-39)32-24-22-30(23-25-32)33-26-27-45-38(28-33)36-16-7-11-21-44(36)50-45/h1-29H. The van der Waals surface area contributed by atoms with Crippen molar-refractivity contribution in [3.63, 3.8) is 0 Å². The van der Waals surface area contributed by atoms with Crippen molar-refractivity contribution in [1.29, 1.82) is 0 Å². The van der Waals surface area contributed by atoms with Crippen LogP contribution in [0.4, 0.5) is 0 Å². The Hall–Kier alpha value is -6.78. The summed E-state index contributed by atoms with van der Waals surface area (Å²) in [6.07, 6.45) is 0. The van der Waals surface area contributed by atoms with Crippen molar-refractivity contribution in [2.75, 3.05) is 0 Å². The molecular weight excluding hydrogens is 611 g/mol. The molecule has 0 spiro atoms. The summed E-state index contributed by atoms with van der Waals surface area (Å²) < 4.78 is 8.43. The van der Waals surface area contributed by atoms with Crippen LogP contribution in [-0.4, -0.2) is 14.5 Å². The molecule has 0 fully saturated rings.